The van der Waals surface area contributed by atoms with Crippen LogP contribution in [0.3, 0.4) is 0 Å². The second-order valence-corrected chi connectivity index (χ2v) is 5.75. The molecule has 0 spiro atoms. The summed E-state index contributed by atoms with van der Waals surface area (Å²) >= 11 is 0. The highest BCUT2D eigenvalue weighted by atomic mass is 35.5. The Labute approximate surface area is 160 Å². The lowest BCUT2D eigenvalue weighted by molar-refractivity contribution is 0.0989. The molecule has 0 radical (unpaired) electrons. The van der Waals surface area contributed by atoms with Crippen molar-refractivity contribution in [2.45, 2.75) is 13.3 Å². The zero-order valence-corrected chi connectivity index (χ0v) is 15.3. The largest absolute Gasteiger partial charge is 0.507 e. The third-order valence-corrected chi connectivity index (χ3v) is 3.91. The van der Waals surface area contributed by atoms with Crippen LogP contribution in [0.5, 0.6) is 17.2 Å². The fraction of sp³-hybridized carbons (Fsp3) is 0.222. The minimum absolute atomic E-state index is 0. The molecule has 0 aliphatic carbocycles. The Hall–Kier alpha value is -2.97. The molecule has 0 fully saturated rings. The van der Waals surface area contributed by atoms with E-state index in [0.29, 0.717) is 19.5 Å². The van der Waals surface area contributed by atoms with Crippen LogP contribution in [0.1, 0.15) is 23.9 Å². The monoisotopic (exact) mass is 394 g/mol. The maximum absolute atomic E-state index is 12.1. The van der Waals surface area contributed by atoms with E-state index in [2.05, 4.69) is 5.32 Å². The lowest BCUT2D eigenvalue weighted by Gasteiger charge is -2.12. The Balaban J connectivity index is 0.00000261. The summed E-state index contributed by atoms with van der Waals surface area (Å²) in [7, 11) is 0. The van der Waals surface area contributed by atoms with Gasteiger partial charge in [-0.25, -0.2) is 4.79 Å². The number of hydrogen-bond acceptors (Lipinski definition) is 7. The van der Waals surface area contributed by atoms with Crippen molar-refractivity contribution in [1.82, 2.24) is 5.32 Å². The van der Waals surface area contributed by atoms with Gasteiger partial charge in [0.15, 0.2) is 22.9 Å². The Morgan fingerprint density at radius 3 is 2.67 bits per heavy atom. The third kappa shape index (κ3) is 3.76. The van der Waals surface area contributed by atoms with Crippen LogP contribution in [-0.2, 0) is 0 Å². The number of Topliss-reactive ketones (excluding diaryl/α,β-unsaturated/α-hetero) is 1. The second-order valence-electron chi connectivity index (χ2n) is 5.75. The van der Waals surface area contributed by atoms with Gasteiger partial charge in [0.2, 0.25) is 0 Å². The van der Waals surface area contributed by atoms with Crippen molar-refractivity contribution in [3.8, 4) is 17.2 Å². The second kappa shape index (κ2) is 8.15. The fourth-order valence-electron chi connectivity index (χ4n) is 2.67. The van der Waals surface area contributed by atoms with E-state index in [4.69, 9.17) is 14.9 Å². The standard InChI is InChI=1S/C18H18N2O6.ClH/c1-9(21)13-8-11-15(23)14-10(4-2-5-12(14)22)16(17(11)25-13)26-18(24)20-7-3-6-19;/h2,4-5,8,22-23H,3,6-7,19H2,1H3,(H,20,24);1H. The zero-order chi connectivity index (χ0) is 18.8. The summed E-state index contributed by atoms with van der Waals surface area (Å²) in [5, 5.41) is 23.7. The first kappa shape index (κ1) is 20.3. The summed E-state index contributed by atoms with van der Waals surface area (Å²) in [5.41, 5.74) is 5.43. The molecule has 5 N–H and O–H groups in total. The first-order valence-electron chi connectivity index (χ1n) is 8.01. The molecule has 3 aromatic rings. The van der Waals surface area contributed by atoms with Crippen LogP contribution >= 0.6 is 12.4 Å². The number of phenols is 2. The molecule has 144 valence electrons. The highest BCUT2D eigenvalue weighted by molar-refractivity contribution is 6.13. The predicted octanol–water partition coefficient (Wildman–Crippen LogP) is 3.06. The number of rotatable bonds is 5. The van der Waals surface area contributed by atoms with Crippen LogP contribution < -0.4 is 15.8 Å². The van der Waals surface area contributed by atoms with Gasteiger partial charge in [-0.05, 0) is 25.1 Å². The highest BCUT2D eigenvalue weighted by Crippen LogP contribution is 2.46. The zero-order valence-electron chi connectivity index (χ0n) is 14.4. The molecule has 2 aromatic carbocycles. The van der Waals surface area contributed by atoms with E-state index < -0.39 is 6.09 Å². The number of aromatic hydroxyl groups is 2. The van der Waals surface area contributed by atoms with E-state index in [-0.39, 0.29) is 62.9 Å². The number of benzene rings is 2. The summed E-state index contributed by atoms with van der Waals surface area (Å²) in [6.45, 7) is 2.06. The fourth-order valence-corrected chi connectivity index (χ4v) is 2.67. The lowest BCUT2D eigenvalue weighted by atomic mass is 10.0. The molecule has 0 aliphatic heterocycles. The molecule has 3 rings (SSSR count). The number of phenolic OH excluding ortho intramolecular Hbond substituents is 2. The van der Waals surface area contributed by atoms with Gasteiger partial charge in [0, 0.05) is 18.9 Å². The molecular weight excluding hydrogens is 376 g/mol. The number of carbonyl (C=O) groups is 2. The minimum Gasteiger partial charge on any atom is -0.507 e. The van der Waals surface area contributed by atoms with Gasteiger partial charge in [-0.15, -0.1) is 12.4 Å². The van der Waals surface area contributed by atoms with Crippen molar-refractivity contribution in [2.75, 3.05) is 13.1 Å². The van der Waals surface area contributed by atoms with Crippen LogP contribution in [0.4, 0.5) is 4.79 Å². The van der Waals surface area contributed by atoms with Gasteiger partial charge in [0.05, 0.1) is 10.8 Å². The van der Waals surface area contributed by atoms with E-state index in [1.165, 1.54) is 25.1 Å². The number of ether oxygens (including phenoxy) is 1. The van der Waals surface area contributed by atoms with Crippen molar-refractivity contribution in [3.63, 3.8) is 0 Å². The van der Waals surface area contributed by atoms with E-state index in [1.54, 1.807) is 6.07 Å². The van der Waals surface area contributed by atoms with Gasteiger partial charge in [-0.2, -0.15) is 0 Å². The smallest absolute Gasteiger partial charge is 0.412 e. The molecule has 1 amide bonds. The van der Waals surface area contributed by atoms with Crippen LogP contribution in [0.2, 0.25) is 0 Å². The molecule has 0 saturated heterocycles. The topological polar surface area (TPSA) is 135 Å². The number of carbonyl (C=O) groups excluding carboxylic acids is 2. The Kier molecular flexibility index (Phi) is 6.14. The normalized spacial score (nSPS) is 10.6. The highest BCUT2D eigenvalue weighted by Gasteiger charge is 2.23. The summed E-state index contributed by atoms with van der Waals surface area (Å²) in [6.07, 6.45) is -0.160. The lowest BCUT2D eigenvalue weighted by Crippen LogP contribution is -2.29. The molecule has 0 atom stereocenters. The van der Waals surface area contributed by atoms with Crippen molar-refractivity contribution in [3.05, 3.63) is 30.0 Å². The molecule has 0 bridgehead atoms. The Morgan fingerprint density at radius 1 is 1.26 bits per heavy atom. The molecule has 9 heteroatoms. The van der Waals surface area contributed by atoms with Crippen molar-refractivity contribution in [2.24, 2.45) is 5.73 Å². The maximum atomic E-state index is 12.1. The van der Waals surface area contributed by atoms with E-state index >= 15 is 0 Å². The first-order chi connectivity index (χ1) is 12.4. The average Bonchev–Trinajstić information content (AvgIpc) is 3.04. The molecule has 1 heterocycles. The third-order valence-electron chi connectivity index (χ3n) is 3.91. The van der Waals surface area contributed by atoms with Gasteiger partial charge >= 0.3 is 6.09 Å². The van der Waals surface area contributed by atoms with Crippen molar-refractivity contribution < 1.29 is 29.0 Å². The Bertz CT molecular complexity index is 1010. The number of nitrogens with one attached hydrogen (secondary N) is 1. The summed E-state index contributed by atoms with van der Waals surface area (Å²) in [4.78, 5) is 23.7. The number of furan rings is 1. The summed E-state index contributed by atoms with van der Waals surface area (Å²) in [5.74, 6) is -0.812. The van der Waals surface area contributed by atoms with E-state index in [0.717, 1.165) is 0 Å². The minimum atomic E-state index is -0.740. The SMILES string of the molecule is CC(=O)c1cc2c(O)c3c(O)cccc3c(OC(=O)NCCCN)c2o1.Cl. The van der Waals surface area contributed by atoms with Crippen molar-refractivity contribution in [1.29, 1.82) is 0 Å². The number of halogens is 1. The number of hydrogen-bond donors (Lipinski definition) is 4. The predicted molar refractivity (Wildman–Crippen MR) is 102 cm³/mol. The number of nitrogens with two attached hydrogens (primary N) is 1. The average molecular weight is 395 g/mol. The van der Waals surface area contributed by atoms with Gasteiger partial charge < -0.3 is 30.4 Å². The number of fused-ring (bicyclic) bond motifs is 2. The molecule has 0 saturated carbocycles. The summed E-state index contributed by atoms with van der Waals surface area (Å²) in [6, 6.07) is 5.84. The molecule has 8 nitrogen and oxygen atoms in total. The van der Waals surface area contributed by atoms with Crippen LogP contribution in [0.15, 0.2) is 28.7 Å². The van der Waals surface area contributed by atoms with Gasteiger partial charge in [-0.3, -0.25) is 4.79 Å². The van der Waals surface area contributed by atoms with Crippen LogP contribution in [0, 0.1) is 0 Å². The van der Waals surface area contributed by atoms with Crippen LogP contribution in [-0.4, -0.2) is 35.2 Å². The summed E-state index contributed by atoms with van der Waals surface area (Å²) < 4.78 is 10.9. The molecular formula is C18H19ClN2O6. The van der Waals surface area contributed by atoms with Gasteiger partial charge in [-0.1, -0.05) is 12.1 Å². The molecule has 1 aromatic heterocycles. The van der Waals surface area contributed by atoms with Crippen molar-refractivity contribution >= 4 is 46.0 Å². The van der Waals surface area contributed by atoms with Gasteiger partial charge in [0.25, 0.3) is 0 Å². The number of ketones is 1. The molecule has 0 aliphatic rings. The van der Waals surface area contributed by atoms with E-state index in [1.807, 2.05) is 0 Å². The molecule has 0 unspecified atom stereocenters. The van der Waals surface area contributed by atoms with E-state index in [9.17, 15) is 19.8 Å². The van der Waals surface area contributed by atoms with Crippen LogP contribution in [0.25, 0.3) is 21.7 Å². The Morgan fingerprint density at radius 2 is 2.00 bits per heavy atom. The quantitative estimate of drug-likeness (QED) is 0.385. The first-order valence-corrected chi connectivity index (χ1v) is 8.01. The maximum Gasteiger partial charge on any atom is 0.412 e. The number of amides is 1. The van der Waals surface area contributed by atoms with Gasteiger partial charge in [0.1, 0.15) is 11.5 Å². The molecule has 27 heavy (non-hydrogen) atoms.